The van der Waals surface area contributed by atoms with Crippen molar-refractivity contribution < 1.29 is 19.1 Å². The van der Waals surface area contributed by atoms with Crippen LogP contribution < -0.4 is 0 Å². The molecule has 132 valence electrons. The molecule has 0 radical (unpaired) electrons. The first-order chi connectivity index (χ1) is 11.0. The maximum Gasteiger partial charge on any atom is 0.308 e. The number of ketones is 1. The Hall–Kier alpha value is -1.39. The molecule has 2 atom stereocenters. The van der Waals surface area contributed by atoms with Crippen molar-refractivity contribution in [1.82, 2.24) is 4.90 Å². The third-order valence-electron chi connectivity index (χ3n) is 4.40. The van der Waals surface area contributed by atoms with Gasteiger partial charge in [-0.1, -0.05) is 33.1 Å². The Morgan fingerprint density at radius 2 is 1.74 bits per heavy atom. The molecule has 1 aliphatic heterocycles. The van der Waals surface area contributed by atoms with Crippen LogP contribution in [0.5, 0.6) is 0 Å². The van der Waals surface area contributed by atoms with Gasteiger partial charge in [-0.25, -0.2) is 0 Å². The average Bonchev–Trinajstić information content (AvgIpc) is 2.92. The van der Waals surface area contributed by atoms with Crippen LogP contribution >= 0.6 is 0 Å². The van der Waals surface area contributed by atoms with E-state index in [2.05, 4.69) is 13.8 Å². The van der Waals surface area contributed by atoms with Crippen molar-refractivity contribution >= 4 is 17.7 Å². The Labute approximate surface area is 139 Å². The van der Waals surface area contributed by atoms with Crippen LogP contribution in [0.15, 0.2) is 0 Å². The lowest BCUT2D eigenvalue weighted by Crippen LogP contribution is -2.43. The molecule has 0 aromatic carbocycles. The summed E-state index contributed by atoms with van der Waals surface area (Å²) in [6, 6.07) is 0.166. The van der Waals surface area contributed by atoms with Gasteiger partial charge in [0.15, 0.2) is 6.23 Å². The molecule has 0 aromatic heterocycles. The molecular weight excluding hydrogens is 294 g/mol. The SMILES string of the molecule is CCCCCCC(=O)N1[C@H](CC)CC[C@H]1OC(=O)CCC(C)=O. The van der Waals surface area contributed by atoms with Gasteiger partial charge in [0.2, 0.25) is 5.91 Å². The first-order valence-corrected chi connectivity index (χ1v) is 8.99. The number of carbonyl (C=O) groups is 3. The zero-order chi connectivity index (χ0) is 17.2. The molecular formula is C18H31NO4. The summed E-state index contributed by atoms with van der Waals surface area (Å²) >= 11 is 0. The molecule has 0 bridgehead atoms. The summed E-state index contributed by atoms with van der Waals surface area (Å²) in [6.45, 7) is 5.66. The molecule has 23 heavy (non-hydrogen) atoms. The number of likely N-dealkylation sites (tertiary alicyclic amines) is 1. The van der Waals surface area contributed by atoms with Gasteiger partial charge in [0.05, 0.1) is 6.42 Å². The summed E-state index contributed by atoms with van der Waals surface area (Å²) in [5.74, 6) is -0.316. The Kier molecular flexibility index (Phi) is 8.89. The number of unbranched alkanes of at least 4 members (excludes halogenated alkanes) is 3. The maximum atomic E-state index is 12.5. The topological polar surface area (TPSA) is 63.7 Å². The van der Waals surface area contributed by atoms with Crippen LogP contribution in [-0.4, -0.2) is 34.8 Å². The molecule has 5 heteroatoms. The molecule has 1 saturated heterocycles. The Bertz CT molecular complexity index is 408. The molecule has 1 amide bonds. The van der Waals surface area contributed by atoms with Crippen LogP contribution in [0.1, 0.15) is 85.0 Å². The minimum absolute atomic E-state index is 0.0244. The predicted molar refractivity (Wildman–Crippen MR) is 88.7 cm³/mol. The van der Waals surface area contributed by atoms with E-state index in [9.17, 15) is 14.4 Å². The third-order valence-corrected chi connectivity index (χ3v) is 4.40. The third kappa shape index (κ3) is 6.71. The lowest BCUT2D eigenvalue weighted by Gasteiger charge is -2.29. The fourth-order valence-electron chi connectivity index (χ4n) is 3.05. The molecule has 1 fully saturated rings. The van der Waals surface area contributed by atoms with E-state index in [0.29, 0.717) is 12.8 Å². The molecule has 0 saturated carbocycles. The number of Topliss-reactive ketones (excluding diaryl/α,β-unsaturated/α-hetero) is 1. The van der Waals surface area contributed by atoms with Crippen LogP contribution in [0.25, 0.3) is 0 Å². The molecule has 5 nitrogen and oxygen atoms in total. The first-order valence-electron chi connectivity index (χ1n) is 8.99. The van der Waals surface area contributed by atoms with E-state index in [0.717, 1.165) is 38.5 Å². The molecule has 1 rings (SSSR count). The second-order valence-electron chi connectivity index (χ2n) is 6.40. The second-order valence-corrected chi connectivity index (χ2v) is 6.40. The molecule has 0 aromatic rings. The largest absolute Gasteiger partial charge is 0.441 e. The highest BCUT2D eigenvalue weighted by atomic mass is 16.6. The lowest BCUT2D eigenvalue weighted by molar-refractivity contribution is -0.164. The average molecular weight is 325 g/mol. The van der Waals surface area contributed by atoms with Gasteiger partial charge in [0.1, 0.15) is 5.78 Å². The van der Waals surface area contributed by atoms with E-state index in [1.54, 1.807) is 4.90 Å². The van der Waals surface area contributed by atoms with E-state index in [1.807, 2.05) is 0 Å². The zero-order valence-corrected chi connectivity index (χ0v) is 14.8. The highest BCUT2D eigenvalue weighted by Gasteiger charge is 2.37. The molecule has 1 heterocycles. The zero-order valence-electron chi connectivity index (χ0n) is 14.8. The van der Waals surface area contributed by atoms with Gasteiger partial charge >= 0.3 is 5.97 Å². The number of nitrogens with zero attached hydrogens (tertiary/aromatic N) is 1. The Balaban J connectivity index is 2.54. The minimum Gasteiger partial charge on any atom is -0.441 e. The van der Waals surface area contributed by atoms with Crippen LogP contribution in [0, 0.1) is 0 Å². The minimum atomic E-state index is -0.446. The van der Waals surface area contributed by atoms with E-state index in [1.165, 1.54) is 6.92 Å². The van der Waals surface area contributed by atoms with Crippen LogP contribution in [0.3, 0.4) is 0 Å². The summed E-state index contributed by atoms with van der Waals surface area (Å²) in [5.41, 5.74) is 0. The van der Waals surface area contributed by atoms with Crippen molar-refractivity contribution in [3.8, 4) is 0 Å². The number of hydrogen-bond acceptors (Lipinski definition) is 4. The molecule has 0 N–H and O–H groups in total. The van der Waals surface area contributed by atoms with Crippen molar-refractivity contribution in [3.63, 3.8) is 0 Å². The normalized spacial score (nSPS) is 20.6. The standard InChI is InChI=1S/C18H31NO4/c1-4-6-7-8-9-16(21)19-15(5-2)11-12-17(19)23-18(22)13-10-14(3)20/h15,17H,4-13H2,1-3H3/t15-,17-/m1/s1. The van der Waals surface area contributed by atoms with Crippen molar-refractivity contribution in [1.29, 1.82) is 0 Å². The molecule has 0 unspecified atom stereocenters. The fraction of sp³-hybridized carbons (Fsp3) is 0.833. The van der Waals surface area contributed by atoms with Gasteiger partial charge < -0.3 is 14.4 Å². The van der Waals surface area contributed by atoms with Gasteiger partial charge in [-0.2, -0.15) is 0 Å². The number of rotatable bonds is 10. The highest BCUT2D eigenvalue weighted by molar-refractivity contribution is 5.81. The number of carbonyl (C=O) groups excluding carboxylic acids is 3. The van der Waals surface area contributed by atoms with E-state index < -0.39 is 6.23 Å². The van der Waals surface area contributed by atoms with Crippen molar-refractivity contribution in [2.24, 2.45) is 0 Å². The maximum absolute atomic E-state index is 12.5. The van der Waals surface area contributed by atoms with Gasteiger partial charge in [0.25, 0.3) is 0 Å². The summed E-state index contributed by atoms with van der Waals surface area (Å²) in [4.78, 5) is 37.1. The lowest BCUT2D eigenvalue weighted by atomic mass is 10.1. The summed E-state index contributed by atoms with van der Waals surface area (Å²) in [5, 5.41) is 0. The number of ether oxygens (including phenoxy) is 1. The molecule has 0 aliphatic carbocycles. The van der Waals surface area contributed by atoms with Gasteiger partial charge in [-0.3, -0.25) is 9.59 Å². The number of esters is 1. The summed E-state index contributed by atoms with van der Waals surface area (Å²) in [7, 11) is 0. The fourth-order valence-corrected chi connectivity index (χ4v) is 3.05. The van der Waals surface area contributed by atoms with Crippen LogP contribution in [0.2, 0.25) is 0 Å². The number of amides is 1. The van der Waals surface area contributed by atoms with E-state index in [4.69, 9.17) is 4.74 Å². The second kappa shape index (κ2) is 10.4. The van der Waals surface area contributed by atoms with E-state index >= 15 is 0 Å². The van der Waals surface area contributed by atoms with Crippen LogP contribution in [0.4, 0.5) is 0 Å². The van der Waals surface area contributed by atoms with E-state index in [-0.39, 0.29) is 36.5 Å². The molecule has 0 spiro atoms. The predicted octanol–water partition coefficient (Wildman–Crippen LogP) is 3.60. The smallest absolute Gasteiger partial charge is 0.308 e. The summed E-state index contributed by atoms with van der Waals surface area (Å²) in [6.07, 6.45) is 7.08. The van der Waals surface area contributed by atoms with Crippen molar-refractivity contribution in [2.45, 2.75) is 97.2 Å². The van der Waals surface area contributed by atoms with Gasteiger partial charge in [-0.05, 0) is 26.2 Å². The Morgan fingerprint density at radius 3 is 2.35 bits per heavy atom. The van der Waals surface area contributed by atoms with Crippen molar-refractivity contribution in [3.05, 3.63) is 0 Å². The quantitative estimate of drug-likeness (QED) is 0.455. The summed E-state index contributed by atoms with van der Waals surface area (Å²) < 4.78 is 5.47. The Morgan fingerprint density at radius 1 is 1.00 bits per heavy atom. The van der Waals surface area contributed by atoms with Gasteiger partial charge in [0, 0.05) is 25.3 Å². The first kappa shape index (κ1) is 19.7. The monoisotopic (exact) mass is 325 g/mol. The van der Waals surface area contributed by atoms with Gasteiger partial charge in [-0.15, -0.1) is 0 Å². The van der Waals surface area contributed by atoms with Crippen molar-refractivity contribution in [2.75, 3.05) is 0 Å². The van der Waals surface area contributed by atoms with Crippen LogP contribution in [-0.2, 0) is 19.1 Å². The number of hydrogen-bond donors (Lipinski definition) is 0. The molecule has 1 aliphatic rings. The highest BCUT2D eigenvalue weighted by Crippen LogP contribution is 2.28.